The van der Waals surface area contributed by atoms with Crippen LogP contribution in [0.5, 0.6) is 5.75 Å². The Balaban J connectivity index is 2.87. The van der Waals surface area contributed by atoms with Gasteiger partial charge in [0.25, 0.3) is 0 Å². The Morgan fingerprint density at radius 3 is 2.36 bits per heavy atom. The van der Waals surface area contributed by atoms with Gasteiger partial charge in [0.1, 0.15) is 11.4 Å². The van der Waals surface area contributed by atoms with Gasteiger partial charge in [0.15, 0.2) is 0 Å². The van der Waals surface area contributed by atoms with E-state index in [4.69, 9.17) is 10.5 Å². The summed E-state index contributed by atoms with van der Waals surface area (Å²) in [5.41, 5.74) is 7.81. The molecule has 2 nitrogen and oxygen atoms in total. The molecule has 14 heavy (non-hydrogen) atoms. The van der Waals surface area contributed by atoms with Gasteiger partial charge in [-0.25, -0.2) is 0 Å². The molecule has 0 saturated carbocycles. The summed E-state index contributed by atoms with van der Waals surface area (Å²) in [4.78, 5) is 0. The highest BCUT2D eigenvalue weighted by atomic mass is 16.5. The molecule has 78 valence electrons. The Kier molecular flexibility index (Phi) is 3.17. The van der Waals surface area contributed by atoms with Gasteiger partial charge in [0, 0.05) is 6.54 Å². The maximum absolute atomic E-state index is 5.74. The van der Waals surface area contributed by atoms with Crippen molar-refractivity contribution in [2.24, 2.45) is 5.73 Å². The highest BCUT2D eigenvalue weighted by molar-refractivity contribution is 5.34. The van der Waals surface area contributed by atoms with E-state index in [0.29, 0.717) is 6.54 Å². The average molecular weight is 193 g/mol. The molecule has 0 fully saturated rings. The molecule has 0 amide bonds. The van der Waals surface area contributed by atoms with Crippen molar-refractivity contribution < 1.29 is 4.74 Å². The predicted octanol–water partition coefficient (Wildman–Crippen LogP) is 2.63. The van der Waals surface area contributed by atoms with Gasteiger partial charge in [-0.15, -0.1) is 0 Å². The first-order valence-corrected chi connectivity index (χ1v) is 4.91. The molecule has 0 aliphatic carbocycles. The Morgan fingerprint density at radius 2 is 1.93 bits per heavy atom. The lowest BCUT2D eigenvalue weighted by molar-refractivity contribution is 0.131. The van der Waals surface area contributed by atoms with Crippen LogP contribution in [-0.2, 0) is 6.54 Å². The molecule has 0 bridgehead atoms. The quantitative estimate of drug-likeness (QED) is 0.783. The maximum Gasteiger partial charge on any atom is 0.120 e. The normalized spacial score (nSPS) is 11.5. The lowest BCUT2D eigenvalue weighted by atomic mass is 10.1. The van der Waals surface area contributed by atoms with E-state index in [1.54, 1.807) is 0 Å². The SMILES string of the molecule is Cc1cc(OC(C)(C)C)ccc1CN. The molecule has 1 aromatic rings. The van der Waals surface area contributed by atoms with Gasteiger partial charge in [-0.05, 0) is 51.0 Å². The smallest absolute Gasteiger partial charge is 0.120 e. The zero-order valence-electron chi connectivity index (χ0n) is 9.42. The molecule has 0 radical (unpaired) electrons. The molecular formula is C12H19NO. The van der Waals surface area contributed by atoms with E-state index < -0.39 is 0 Å². The van der Waals surface area contributed by atoms with Crippen LogP contribution in [0, 0.1) is 6.92 Å². The fraction of sp³-hybridized carbons (Fsp3) is 0.500. The first kappa shape index (κ1) is 11.1. The Morgan fingerprint density at radius 1 is 1.29 bits per heavy atom. The molecule has 0 heterocycles. The van der Waals surface area contributed by atoms with Crippen molar-refractivity contribution in [3.05, 3.63) is 29.3 Å². The minimum Gasteiger partial charge on any atom is -0.488 e. The monoisotopic (exact) mass is 193 g/mol. The first-order valence-electron chi connectivity index (χ1n) is 4.91. The van der Waals surface area contributed by atoms with Crippen molar-refractivity contribution in [3.63, 3.8) is 0 Å². The summed E-state index contributed by atoms with van der Waals surface area (Å²) >= 11 is 0. The fourth-order valence-electron chi connectivity index (χ4n) is 1.31. The summed E-state index contributed by atoms with van der Waals surface area (Å²) in [5, 5.41) is 0. The van der Waals surface area contributed by atoms with Crippen LogP contribution in [0.2, 0.25) is 0 Å². The van der Waals surface area contributed by atoms with Crippen molar-refractivity contribution in [1.29, 1.82) is 0 Å². The lowest BCUT2D eigenvalue weighted by Crippen LogP contribution is -2.23. The third-order valence-electron chi connectivity index (χ3n) is 1.96. The van der Waals surface area contributed by atoms with Crippen LogP contribution in [0.15, 0.2) is 18.2 Å². The van der Waals surface area contributed by atoms with E-state index in [1.165, 1.54) is 11.1 Å². The summed E-state index contributed by atoms with van der Waals surface area (Å²) in [5.74, 6) is 0.909. The minimum absolute atomic E-state index is 0.142. The number of nitrogens with two attached hydrogens (primary N) is 1. The average Bonchev–Trinajstić information content (AvgIpc) is 2.01. The van der Waals surface area contributed by atoms with Crippen LogP contribution in [0.3, 0.4) is 0 Å². The van der Waals surface area contributed by atoms with Crippen LogP contribution >= 0.6 is 0 Å². The second-order valence-corrected chi connectivity index (χ2v) is 4.51. The number of hydrogen-bond acceptors (Lipinski definition) is 2. The molecular weight excluding hydrogens is 174 g/mol. The Hall–Kier alpha value is -1.02. The topological polar surface area (TPSA) is 35.2 Å². The van der Waals surface area contributed by atoms with Crippen molar-refractivity contribution in [3.8, 4) is 5.75 Å². The molecule has 0 unspecified atom stereocenters. The van der Waals surface area contributed by atoms with Crippen LogP contribution in [0.25, 0.3) is 0 Å². The van der Waals surface area contributed by atoms with E-state index in [-0.39, 0.29) is 5.60 Å². The number of ether oxygens (including phenoxy) is 1. The number of aryl methyl sites for hydroxylation is 1. The summed E-state index contributed by atoms with van der Waals surface area (Å²) < 4.78 is 5.74. The summed E-state index contributed by atoms with van der Waals surface area (Å²) in [6.07, 6.45) is 0. The predicted molar refractivity (Wildman–Crippen MR) is 59.5 cm³/mol. The van der Waals surface area contributed by atoms with Crippen molar-refractivity contribution >= 4 is 0 Å². The molecule has 0 atom stereocenters. The minimum atomic E-state index is -0.142. The molecule has 0 spiro atoms. The second kappa shape index (κ2) is 4.01. The third-order valence-corrected chi connectivity index (χ3v) is 1.96. The van der Waals surface area contributed by atoms with Gasteiger partial charge in [-0.2, -0.15) is 0 Å². The van der Waals surface area contributed by atoms with E-state index in [2.05, 4.69) is 6.92 Å². The standard InChI is InChI=1S/C12H19NO/c1-9-7-11(14-12(2,3)4)6-5-10(9)8-13/h5-7H,8,13H2,1-4H3. The fourth-order valence-corrected chi connectivity index (χ4v) is 1.31. The highest BCUT2D eigenvalue weighted by Gasteiger charge is 2.11. The number of hydrogen-bond donors (Lipinski definition) is 1. The first-order chi connectivity index (χ1) is 6.42. The van der Waals surface area contributed by atoms with Crippen LogP contribution in [-0.4, -0.2) is 5.60 Å². The van der Waals surface area contributed by atoms with Crippen LogP contribution < -0.4 is 10.5 Å². The van der Waals surface area contributed by atoms with E-state index in [0.717, 1.165) is 5.75 Å². The molecule has 0 aromatic heterocycles. The van der Waals surface area contributed by atoms with Gasteiger partial charge in [-0.1, -0.05) is 6.07 Å². The number of rotatable bonds is 2. The third kappa shape index (κ3) is 3.04. The summed E-state index contributed by atoms with van der Waals surface area (Å²) in [6, 6.07) is 6.03. The highest BCUT2D eigenvalue weighted by Crippen LogP contribution is 2.21. The van der Waals surface area contributed by atoms with Gasteiger partial charge in [0.05, 0.1) is 0 Å². The molecule has 1 rings (SSSR count). The van der Waals surface area contributed by atoms with Gasteiger partial charge in [0.2, 0.25) is 0 Å². The molecule has 2 heteroatoms. The number of benzene rings is 1. The molecule has 2 N–H and O–H groups in total. The van der Waals surface area contributed by atoms with Gasteiger partial charge < -0.3 is 10.5 Å². The summed E-state index contributed by atoms with van der Waals surface area (Å²) in [6.45, 7) is 8.76. The Bertz CT molecular complexity index is 313. The molecule has 0 saturated heterocycles. The zero-order chi connectivity index (χ0) is 10.8. The largest absolute Gasteiger partial charge is 0.488 e. The van der Waals surface area contributed by atoms with E-state index in [9.17, 15) is 0 Å². The van der Waals surface area contributed by atoms with Gasteiger partial charge >= 0.3 is 0 Å². The van der Waals surface area contributed by atoms with Crippen LogP contribution in [0.4, 0.5) is 0 Å². The molecule has 0 aliphatic rings. The maximum atomic E-state index is 5.74. The van der Waals surface area contributed by atoms with Gasteiger partial charge in [-0.3, -0.25) is 0 Å². The van der Waals surface area contributed by atoms with Crippen molar-refractivity contribution in [1.82, 2.24) is 0 Å². The Labute approximate surface area is 86.1 Å². The zero-order valence-corrected chi connectivity index (χ0v) is 9.42. The lowest BCUT2D eigenvalue weighted by Gasteiger charge is -2.21. The van der Waals surface area contributed by atoms with Crippen LogP contribution in [0.1, 0.15) is 31.9 Å². The summed E-state index contributed by atoms with van der Waals surface area (Å²) in [7, 11) is 0. The van der Waals surface area contributed by atoms with E-state index >= 15 is 0 Å². The molecule has 0 aliphatic heterocycles. The molecule has 1 aromatic carbocycles. The van der Waals surface area contributed by atoms with Crippen molar-refractivity contribution in [2.45, 2.75) is 39.8 Å². The van der Waals surface area contributed by atoms with Crippen molar-refractivity contribution in [2.75, 3.05) is 0 Å². The van der Waals surface area contributed by atoms with E-state index in [1.807, 2.05) is 39.0 Å². The second-order valence-electron chi connectivity index (χ2n) is 4.51.